The van der Waals surface area contributed by atoms with Gasteiger partial charge in [-0.2, -0.15) is 0 Å². The van der Waals surface area contributed by atoms with Crippen molar-refractivity contribution in [1.29, 1.82) is 0 Å². The van der Waals surface area contributed by atoms with Crippen LogP contribution in [0.4, 0.5) is 5.95 Å². The summed E-state index contributed by atoms with van der Waals surface area (Å²) in [5, 5.41) is 12.2. The molecule has 3 N–H and O–H groups in total. The van der Waals surface area contributed by atoms with Gasteiger partial charge in [0.2, 0.25) is 5.95 Å². The summed E-state index contributed by atoms with van der Waals surface area (Å²) in [4.78, 5) is 8.91. The average Bonchev–Trinajstić information content (AvgIpc) is 3.00. The van der Waals surface area contributed by atoms with Crippen LogP contribution in [-0.4, -0.2) is 36.1 Å². The number of hydrogen-bond donors (Lipinski definition) is 2. The third kappa shape index (κ3) is 3.29. The number of nitrogens with zero attached hydrogens (tertiary/aromatic N) is 5. The number of pyridine rings is 1. The second-order valence-electron chi connectivity index (χ2n) is 6.93. The van der Waals surface area contributed by atoms with Crippen molar-refractivity contribution < 1.29 is 0 Å². The topological polar surface area (TPSA) is 94.0 Å². The van der Waals surface area contributed by atoms with Gasteiger partial charge >= 0.3 is 0 Å². The van der Waals surface area contributed by atoms with Crippen LogP contribution in [-0.2, 0) is 0 Å². The monoisotopic (exact) mass is 357 g/mol. The van der Waals surface area contributed by atoms with E-state index in [1.807, 2.05) is 28.8 Å². The van der Waals surface area contributed by atoms with Crippen molar-refractivity contribution in [2.24, 2.45) is 5.73 Å². The van der Waals surface area contributed by atoms with Gasteiger partial charge in [0, 0.05) is 17.8 Å². The number of nitrogens with one attached hydrogen (secondary N) is 1. The smallest absolute Gasteiger partial charge is 0.223 e. The molecule has 0 saturated heterocycles. The molecule has 3 aromatic rings. The van der Waals surface area contributed by atoms with Crippen molar-refractivity contribution in [2.45, 2.75) is 44.2 Å². The van der Waals surface area contributed by atoms with Crippen molar-refractivity contribution in [2.75, 3.05) is 5.32 Å². The fourth-order valence-corrected chi connectivity index (χ4v) is 3.60. The molecular weight excluding hydrogens is 338 g/mol. The van der Waals surface area contributed by atoms with Gasteiger partial charge in [0.1, 0.15) is 5.69 Å². The number of halogens is 1. The van der Waals surface area contributed by atoms with Crippen molar-refractivity contribution >= 4 is 23.2 Å². The molecule has 8 heteroatoms. The zero-order valence-corrected chi connectivity index (χ0v) is 14.7. The number of nitrogens with two attached hydrogens (primary N) is 1. The van der Waals surface area contributed by atoms with Crippen molar-refractivity contribution in [1.82, 2.24) is 24.6 Å². The third-order valence-corrected chi connectivity index (χ3v) is 4.89. The molecule has 0 radical (unpaired) electrons. The Labute approximate surface area is 150 Å². The lowest BCUT2D eigenvalue weighted by atomic mass is 9.81. The summed E-state index contributed by atoms with van der Waals surface area (Å²) in [6.45, 7) is 2.09. The van der Waals surface area contributed by atoms with E-state index >= 15 is 0 Å². The fraction of sp³-hybridized carbons (Fsp3) is 0.412. The number of fused-ring (bicyclic) bond motifs is 1. The molecule has 0 spiro atoms. The molecule has 1 aliphatic rings. The van der Waals surface area contributed by atoms with E-state index < -0.39 is 0 Å². The Kier molecular flexibility index (Phi) is 4.05. The summed E-state index contributed by atoms with van der Waals surface area (Å²) in [5.74, 6) is 1.13. The quantitative estimate of drug-likeness (QED) is 0.748. The van der Waals surface area contributed by atoms with Crippen LogP contribution in [0.5, 0.6) is 0 Å². The van der Waals surface area contributed by atoms with E-state index in [4.69, 9.17) is 17.3 Å². The summed E-state index contributed by atoms with van der Waals surface area (Å²) >= 11 is 6.32. The maximum Gasteiger partial charge on any atom is 0.223 e. The molecule has 4 rings (SSSR count). The first kappa shape index (κ1) is 16.2. The summed E-state index contributed by atoms with van der Waals surface area (Å²) in [6, 6.07) is 5.97. The lowest BCUT2D eigenvalue weighted by molar-refractivity contribution is 0.302. The van der Waals surface area contributed by atoms with Gasteiger partial charge in [-0.25, -0.2) is 9.97 Å². The molecule has 3 aromatic heterocycles. The van der Waals surface area contributed by atoms with Gasteiger partial charge < -0.3 is 11.1 Å². The molecule has 0 aliphatic heterocycles. The first-order valence-corrected chi connectivity index (χ1v) is 8.78. The number of rotatable bonds is 3. The molecule has 130 valence electrons. The molecule has 0 unspecified atom stereocenters. The van der Waals surface area contributed by atoms with Crippen molar-refractivity contribution in [3.05, 3.63) is 35.6 Å². The zero-order valence-electron chi connectivity index (χ0n) is 14.0. The first-order valence-electron chi connectivity index (χ1n) is 8.40. The highest BCUT2D eigenvalue weighted by molar-refractivity contribution is 6.32. The van der Waals surface area contributed by atoms with Gasteiger partial charge in [-0.3, -0.25) is 4.40 Å². The van der Waals surface area contributed by atoms with Gasteiger partial charge in [-0.1, -0.05) is 17.7 Å². The second-order valence-corrected chi connectivity index (χ2v) is 7.34. The molecule has 3 heterocycles. The van der Waals surface area contributed by atoms with E-state index in [1.165, 1.54) is 0 Å². The maximum atomic E-state index is 6.32. The molecule has 2 atom stereocenters. The Morgan fingerprint density at radius 2 is 2.24 bits per heavy atom. The zero-order chi connectivity index (χ0) is 17.4. The molecule has 1 aliphatic carbocycles. The van der Waals surface area contributed by atoms with Crippen LogP contribution >= 0.6 is 11.6 Å². The van der Waals surface area contributed by atoms with Gasteiger partial charge in [0.05, 0.1) is 11.2 Å². The minimum Gasteiger partial charge on any atom is -0.351 e. The second kappa shape index (κ2) is 6.24. The summed E-state index contributed by atoms with van der Waals surface area (Å²) in [6.07, 6.45) is 7.58. The van der Waals surface area contributed by atoms with E-state index in [0.717, 1.165) is 31.3 Å². The molecule has 0 bridgehead atoms. The normalized spacial score (nSPS) is 23.7. The lowest BCUT2D eigenvalue weighted by Crippen LogP contribution is -2.45. The minimum absolute atomic E-state index is 0.144. The predicted octanol–water partition coefficient (Wildman–Crippen LogP) is 2.91. The largest absolute Gasteiger partial charge is 0.351 e. The van der Waals surface area contributed by atoms with Gasteiger partial charge in [0.15, 0.2) is 11.5 Å². The predicted molar refractivity (Wildman–Crippen MR) is 97.5 cm³/mol. The SMILES string of the molecule is C[C@]1(N)CCC[C@@H](Nc2ncc(Cl)c(-c3nnc4ccccn34)n2)C1. The van der Waals surface area contributed by atoms with E-state index in [0.29, 0.717) is 22.5 Å². The molecule has 1 fully saturated rings. The van der Waals surface area contributed by atoms with Crippen LogP contribution in [0.15, 0.2) is 30.6 Å². The average molecular weight is 358 g/mol. The molecule has 0 amide bonds. The highest BCUT2D eigenvalue weighted by atomic mass is 35.5. The summed E-state index contributed by atoms with van der Waals surface area (Å²) < 4.78 is 1.86. The Bertz CT molecular complexity index is 905. The van der Waals surface area contributed by atoms with E-state index in [1.54, 1.807) is 6.20 Å². The van der Waals surface area contributed by atoms with Gasteiger partial charge in [0.25, 0.3) is 0 Å². The minimum atomic E-state index is -0.144. The molecule has 7 nitrogen and oxygen atoms in total. The molecule has 1 saturated carbocycles. The molecular formula is C17H20ClN7. The number of hydrogen-bond acceptors (Lipinski definition) is 6. The van der Waals surface area contributed by atoms with E-state index in [-0.39, 0.29) is 11.6 Å². The van der Waals surface area contributed by atoms with Crippen LogP contribution in [0.2, 0.25) is 5.02 Å². The van der Waals surface area contributed by atoms with Crippen LogP contribution in [0.3, 0.4) is 0 Å². The van der Waals surface area contributed by atoms with E-state index in [9.17, 15) is 0 Å². The Morgan fingerprint density at radius 1 is 1.36 bits per heavy atom. The third-order valence-electron chi connectivity index (χ3n) is 4.62. The molecule has 25 heavy (non-hydrogen) atoms. The summed E-state index contributed by atoms with van der Waals surface area (Å²) in [7, 11) is 0. The Balaban J connectivity index is 1.65. The standard InChI is InChI=1S/C17H20ClN7/c1-17(19)7-4-5-11(9-17)21-16-20-10-12(18)14(22-16)15-24-23-13-6-2-3-8-25(13)15/h2-3,6,8,10-11H,4-5,7,9,19H2,1H3,(H,20,21,22)/t11-,17+/m1/s1. The van der Waals surface area contributed by atoms with Gasteiger partial charge in [-0.15, -0.1) is 10.2 Å². The van der Waals surface area contributed by atoms with Crippen molar-refractivity contribution in [3.8, 4) is 11.5 Å². The Hall–Kier alpha value is -2.25. The fourth-order valence-electron chi connectivity index (χ4n) is 3.42. The molecule has 0 aromatic carbocycles. The van der Waals surface area contributed by atoms with Crippen LogP contribution in [0, 0.1) is 0 Å². The maximum absolute atomic E-state index is 6.32. The highest BCUT2D eigenvalue weighted by Gasteiger charge is 2.29. The first-order chi connectivity index (χ1) is 12.0. The van der Waals surface area contributed by atoms with Crippen LogP contribution in [0.1, 0.15) is 32.6 Å². The Morgan fingerprint density at radius 3 is 3.08 bits per heavy atom. The highest BCUT2D eigenvalue weighted by Crippen LogP contribution is 2.29. The van der Waals surface area contributed by atoms with Crippen LogP contribution in [0.25, 0.3) is 17.2 Å². The lowest BCUT2D eigenvalue weighted by Gasteiger charge is -2.35. The van der Waals surface area contributed by atoms with E-state index in [2.05, 4.69) is 32.4 Å². The van der Waals surface area contributed by atoms with Crippen molar-refractivity contribution in [3.63, 3.8) is 0 Å². The van der Waals surface area contributed by atoms with Gasteiger partial charge in [-0.05, 0) is 44.7 Å². The van der Waals surface area contributed by atoms with Crippen LogP contribution < -0.4 is 11.1 Å². The summed E-state index contributed by atoms with van der Waals surface area (Å²) in [5.41, 5.74) is 7.45. The number of aromatic nitrogens is 5. The number of anilines is 1.